The number of rotatable bonds is 8. The van der Waals surface area contributed by atoms with Crippen LogP contribution in [0.3, 0.4) is 0 Å². The monoisotopic (exact) mass is 898 g/mol. The van der Waals surface area contributed by atoms with Crippen LogP contribution in [0.1, 0.15) is 70.2 Å². The fourth-order valence-electron chi connectivity index (χ4n) is 7.83. The molecule has 0 bridgehead atoms. The molecule has 0 aromatic heterocycles. The van der Waals surface area contributed by atoms with Gasteiger partial charge < -0.3 is 15.3 Å². The van der Waals surface area contributed by atoms with Gasteiger partial charge in [-0.25, -0.2) is 0 Å². The molecule has 0 radical (unpaired) electrons. The Labute approximate surface area is 345 Å². The summed E-state index contributed by atoms with van der Waals surface area (Å²) in [4.78, 5) is 0. The molecule has 3 N–H and O–H groups in total. The first-order valence-corrected chi connectivity index (χ1v) is 19.1. The third-order valence-corrected chi connectivity index (χ3v) is 11.0. The summed E-state index contributed by atoms with van der Waals surface area (Å²) in [5, 5.41) is 21.0. The van der Waals surface area contributed by atoms with Gasteiger partial charge in [0.25, 0.3) is 0 Å². The first-order valence-electron chi connectivity index (χ1n) is 18.0. The van der Waals surface area contributed by atoms with E-state index in [1.54, 1.807) is 0 Å². The molecule has 2 unspecified atom stereocenters. The Morgan fingerprint density at radius 2 is 0.741 bits per heavy atom. The van der Waals surface area contributed by atoms with Crippen LogP contribution >= 0.6 is 11.8 Å². The summed E-state index contributed by atoms with van der Waals surface area (Å²) in [6, 6.07) is 53.5. The van der Waals surface area contributed by atoms with E-state index >= 15 is 0 Å². The predicted octanol–water partition coefficient (Wildman–Crippen LogP) is 11.4. The summed E-state index contributed by atoms with van der Waals surface area (Å²) in [5.74, 6) is 2.55. The molecule has 3 nitrogen and oxygen atoms in total. The van der Waals surface area contributed by atoms with E-state index in [1.165, 1.54) is 77.9 Å². The molecule has 6 aromatic rings. The molecular weight excluding hydrogens is 847 g/mol. The van der Waals surface area contributed by atoms with Crippen LogP contribution in [-0.4, -0.2) is 36.6 Å². The van der Waals surface area contributed by atoms with Crippen molar-refractivity contribution in [3.05, 3.63) is 201 Å². The van der Waals surface area contributed by atoms with Gasteiger partial charge in [0, 0.05) is 70.5 Å². The van der Waals surface area contributed by atoms with Gasteiger partial charge >= 0.3 is 0 Å². The summed E-state index contributed by atoms with van der Waals surface area (Å²) in [6.07, 6.45) is 4.84. The molecule has 5 heteroatoms. The zero-order valence-corrected chi connectivity index (χ0v) is 36.2. The van der Waals surface area contributed by atoms with Gasteiger partial charge in [0.15, 0.2) is 0 Å². The predicted molar refractivity (Wildman–Crippen MR) is 227 cm³/mol. The van der Waals surface area contributed by atoms with Crippen molar-refractivity contribution in [2.45, 2.75) is 37.2 Å². The summed E-state index contributed by atoms with van der Waals surface area (Å²) >= 11 is 2.03. The van der Waals surface area contributed by atoms with Crippen molar-refractivity contribution >= 4 is 23.9 Å². The maximum absolute atomic E-state index is 7.00. The van der Waals surface area contributed by atoms with Gasteiger partial charge in [-0.15, -0.1) is 0 Å². The molecule has 0 aliphatic heterocycles. The van der Waals surface area contributed by atoms with Crippen LogP contribution in [-0.2, 0) is 37.3 Å². The van der Waals surface area contributed by atoms with Gasteiger partial charge in [-0.1, -0.05) is 169 Å². The van der Waals surface area contributed by atoms with Gasteiger partial charge in [-0.05, 0) is 80.6 Å². The van der Waals surface area contributed by atoms with E-state index in [2.05, 4.69) is 172 Å². The quantitative estimate of drug-likeness (QED) is 0.133. The molecule has 2 aliphatic carbocycles. The number of allylic oxidation sites excluding steroid dienone is 2. The number of aliphatic hydroxyl groups excluding tert-OH is 3. The van der Waals surface area contributed by atoms with E-state index in [0.29, 0.717) is 11.8 Å². The molecule has 274 valence electrons. The Hall–Kier alpha value is -4.10. The van der Waals surface area contributed by atoms with Crippen molar-refractivity contribution in [2.75, 3.05) is 21.3 Å². The summed E-state index contributed by atoms with van der Waals surface area (Å²) in [7, 11) is 3.00. The van der Waals surface area contributed by atoms with Crippen molar-refractivity contribution in [3.8, 4) is 22.3 Å². The standard InChI is InChI=1S/C46H38S.3CH4O.Hf/c1-31-27-43-37(33-15-5-3-6-16-33)23-13-25-41(43)45(31)39-21-11-9-19-35(39)29-47-30-36-20-10-12-22-40(36)46-32(2)28-44-38(24-14-26-42(44)46)34-17-7-4-8-18-34;3*1-2;/h3-28,45-46H,29-30H2,1-2H3;3*2H,1H3;. The van der Waals surface area contributed by atoms with Gasteiger partial charge in [0.2, 0.25) is 0 Å². The molecule has 0 heterocycles. The van der Waals surface area contributed by atoms with Crippen molar-refractivity contribution in [1.29, 1.82) is 0 Å². The molecule has 0 saturated carbocycles. The Morgan fingerprint density at radius 3 is 1.13 bits per heavy atom. The summed E-state index contributed by atoms with van der Waals surface area (Å²) < 4.78 is 0. The second kappa shape index (κ2) is 21.1. The molecule has 0 spiro atoms. The van der Waals surface area contributed by atoms with Gasteiger partial charge in [-0.2, -0.15) is 11.8 Å². The van der Waals surface area contributed by atoms with E-state index < -0.39 is 0 Å². The van der Waals surface area contributed by atoms with Crippen molar-refractivity contribution in [2.24, 2.45) is 0 Å². The normalized spacial score (nSPS) is 14.6. The number of aliphatic hydroxyl groups is 3. The van der Waals surface area contributed by atoms with Crippen molar-refractivity contribution in [3.63, 3.8) is 0 Å². The SMILES string of the molecule is CC1=Cc2c(-c3ccccc3)cccc2C1c1ccccc1CSCc1ccccc1C1C(C)=Cc2c(-c3ccccc3)cccc21.CO.CO.CO.[Hf]. The molecule has 0 amide bonds. The zero-order valence-electron chi connectivity index (χ0n) is 31.8. The molecular formula is C49H50HfO3S. The second-order valence-corrected chi connectivity index (χ2v) is 13.9. The minimum Gasteiger partial charge on any atom is -0.400 e. The fourth-order valence-corrected chi connectivity index (χ4v) is 8.90. The molecule has 0 fully saturated rings. The summed E-state index contributed by atoms with van der Waals surface area (Å²) in [6.45, 7) is 4.61. The van der Waals surface area contributed by atoms with E-state index in [0.717, 1.165) is 32.8 Å². The van der Waals surface area contributed by atoms with Crippen LogP contribution < -0.4 is 0 Å². The Kier molecular flexibility index (Phi) is 16.7. The maximum Gasteiger partial charge on any atom is 0.0319 e. The largest absolute Gasteiger partial charge is 0.400 e. The van der Waals surface area contributed by atoms with Crippen LogP contribution in [0.2, 0.25) is 0 Å². The average Bonchev–Trinajstić information content (AvgIpc) is 3.76. The van der Waals surface area contributed by atoms with E-state index in [9.17, 15) is 0 Å². The number of thioether (sulfide) groups is 1. The van der Waals surface area contributed by atoms with Crippen molar-refractivity contribution in [1.82, 2.24) is 0 Å². The third kappa shape index (κ3) is 9.05. The maximum atomic E-state index is 7.00. The smallest absolute Gasteiger partial charge is 0.0319 e. The third-order valence-electron chi connectivity index (χ3n) is 9.97. The van der Waals surface area contributed by atoms with Crippen LogP contribution in [0, 0.1) is 0 Å². The minimum absolute atomic E-state index is 0. The van der Waals surface area contributed by atoms with E-state index in [-0.39, 0.29) is 25.8 Å². The van der Waals surface area contributed by atoms with Crippen molar-refractivity contribution < 1.29 is 41.2 Å². The zero-order chi connectivity index (χ0) is 37.7. The van der Waals surface area contributed by atoms with Crippen LogP contribution in [0.4, 0.5) is 0 Å². The number of benzene rings is 6. The van der Waals surface area contributed by atoms with Crippen LogP contribution in [0.5, 0.6) is 0 Å². The Morgan fingerprint density at radius 1 is 0.407 bits per heavy atom. The van der Waals surface area contributed by atoms with E-state index in [4.69, 9.17) is 15.3 Å². The second-order valence-electron chi connectivity index (χ2n) is 12.9. The first kappa shape index (κ1) is 42.6. The van der Waals surface area contributed by atoms with Crippen LogP contribution in [0.25, 0.3) is 34.4 Å². The topological polar surface area (TPSA) is 60.7 Å². The minimum atomic E-state index is 0. The Balaban J connectivity index is 0.000000886. The summed E-state index contributed by atoms with van der Waals surface area (Å²) in [5.41, 5.74) is 19.3. The molecule has 2 aliphatic rings. The van der Waals surface area contributed by atoms with Gasteiger partial charge in [0.1, 0.15) is 0 Å². The average molecular weight is 897 g/mol. The van der Waals surface area contributed by atoms with Gasteiger partial charge in [-0.3, -0.25) is 0 Å². The number of hydrogen-bond donors (Lipinski definition) is 3. The van der Waals surface area contributed by atoms with E-state index in [1.807, 2.05) is 11.8 Å². The number of hydrogen-bond acceptors (Lipinski definition) is 4. The first-order chi connectivity index (χ1) is 26.2. The number of fused-ring (bicyclic) bond motifs is 2. The molecule has 8 rings (SSSR count). The van der Waals surface area contributed by atoms with Gasteiger partial charge in [0.05, 0.1) is 0 Å². The molecule has 6 aromatic carbocycles. The molecule has 0 saturated heterocycles. The molecule has 54 heavy (non-hydrogen) atoms. The van der Waals surface area contributed by atoms with Crippen LogP contribution in [0.15, 0.2) is 157 Å². The Bertz CT molecular complexity index is 2000. The molecule has 2 atom stereocenters. The fraction of sp³-hybridized carbons (Fsp3) is 0.184.